The predicted octanol–water partition coefficient (Wildman–Crippen LogP) is 3.03. The third-order valence-corrected chi connectivity index (χ3v) is 4.51. The summed E-state index contributed by atoms with van der Waals surface area (Å²) in [5.41, 5.74) is -0.290. The van der Waals surface area contributed by atoms with Crippen LogP contribution in [-0.2, 0) is 38.8 Å². The number of hydrogen-bond acceptors (Lipinski definition) is 4. The van der Waals surface area contributed by atoms with E-state index in [0.29, 0.717) is 5.56 Å². The van der Waals surface area contributed by atoms with E-state index in [4.69, 9.17) is 9.88 Å². The van der Waals surface area contributed by atoms with Crippen LogP contribution in [0.5, 0.6) is 0 Å². The van der Waals surface area contributed by atoms with Gasteiger partial charge < -0.3 is 4.74 Å². The van der Waals surface area contributed by atoms with Gasteiger partial charge in [0.15, 0.2) is 0 Å². The Morgan fingerprint density at radius 3 is 2.23 bits per heavy atom. The molecular weight excluding hydrogens is 371 g/mol. The SMILES string of the molecule is NS(=O)(=O)c1ccc(CCC(=O)OCc2ccccc2C(F)(F)F)cc1. The average Bonchev–Trinajstić information content (AvgIpc) is 2.57. The zero-order valence-electron chi connectivity index (χ0n) is 13.5. The fourth-order valence-corrected chi connectivity index (χ4v) is 2.76. The van der Waals surface area contributed by atoms with E-state index in [2.05, 4.69) is 0 Å². The summed E-state index contributed by atoms with van der Waals surface area (Å²) in [4.78, 5) is 11.7. The van der Waals surface area contributed by atoms with Crippen LogP contribution in [0, 0.1) is 0 Å². The average molecular weight is 387 g/mol. The standard InChI is InChI=1S/C17H16F3NO4S/c18-17(19,20)15-4-2-1-3-13(15)11-25-16(22)10-7-12-5-8-14(9-6-12)26(21,23)24/h1-6,8-9H,7,10-11H2,(H2,21,23,24). The van der Waals surface area contributed by atoms with Crippen LogP contribution in [0.3, 0.4) is 0 Å². The summed E-state index contributed by atoms with van der Waals surface area (Å²) in [5, 5.41) is 4.98. The van der Waals surface area contributed by atoms with Gasteiger partial charge in [0.05, 0.1) is 10.5 Å². The number of carbonyl (C=O) groups excluding carboxylic acids is 1. The van der Waals surface area contributed by atoms with E-state index in [9.17, 15) is 26.4 Å². The topological polar surface area (TPSA) is 86.5 Å². The smallest absolute Gasteiger partial charge is 0.416 e. The molecule has 5 nitrogen and oxygen atoms in total. The minimum Gasteiger partial charge on any atom is -0.461 e. The van der Waals surface area contributed by atoms with Crippen molar-refractivity contribution in [2.24, 2.45) is 5.14 Å². The van der Waals surface area contributed by atoms with Crippen LogP contribution in [0.15, 0.2) is 53.4 Å². The summed E-state index contributed by atoms with van der Waals surface area (Å²) in [6, 6.07) is 10.5. The first-order chi connectivity index (χ1) is 12.1. The molecule has 0 heterocycles. The van der Waals surface area contributed by atoms with E-state index in [1.165, 1.54) is 42.5 Å². The van der Waals surface area contributed by atoms with Crippen molar-refractivity contribution in [1.82, 2.24) is 0 Å². The summed E-state index contributed by atoms with van der Waals surface area (Å²) < 4.78 is 65.8. The van der Waals surface area contributed by atoms with E-state index < -0.39 is 34.3 Å². The third-order valence-electron chi connectivity index (χ3n) is 3.58. The summed E-state index contributed by atoms with van der Waals surface area (Å²) in [6.07, 6.45) is -4.32. The van der Waals surface area contributed by atoms with Gasteiger partial charge in [-0.15, -0.1) is 0 Å². The number of ether oxygens (including phenoxy) is 1. The van der Waals surface area contributed by atoms with Gasteiger partial charge in [-0.05, 0) is 30.2 Å². The van der Waals surface area contributed by atoms with Crippen molar-refractivity contribution in [1.29, 1.82) is 0 Å². The second-order valence-electron chi connectivity index (χ2n) is 5.50. The number of primary sulfonamides is 1. The number of carbonyl (C=O) groups is 1. The molecule has 2 rings (SSSR count). The van der Waals surface area contributed by atoms with Gasteiger partial charge in [-0.1, -0.05) is 30.3 Å². The molecule has 2 aromatic rings. The third kappa shape index (κ3) is 5.57. The zero-order valence-corrected chi connectivity index (χ0v) is 14.3. The van der Waals surface area contributed by atoms with Gasteiger partial charge in [-0.25, -0.2) is 13.6 Å². The molecule has 26 heavy (non-hydrogen) atoms. The first kappa shape index (κ1) is 19.9. The predicted molar refractivity (Wildman–Crippen MR) is 87.4 cm³/mol. The van der Waals surface area contributed by atoms with Gasteiger partial charge in [-0.3, -0.25) is 4.79 Å². The maximum atomic E-state index is 12.9. The van der Waals surface area contributed by atoms with Crippen LogP contribution in [0.2, 0.25) is 0 Å². The molecule has 0 atom stereocenters. The Morgan fingerprint density at radius 2 is 1.65 bits per heavy atom. The molecule has 2 aromatic carbocycles. The van der Waals surface area contributed by atoms with Gasteiger partial charge in [0, 0.05) is 12.0 Å². The Labute approximate surface area is 148 Å². The van der Waals surface area contributed by atoms with Gasteiger partial charge in [0.25, 0.3) is 0 Å². The van der Waals surface area contributed by atoms with Crippen molar-refractivity contribution in [2.75, 3.05) is 0 Å². The molecule has 140 valence electrons. The Hall–Kier alpha value is -2.39. The minimum atomic E-state index is -4.52. The molecule has 0 aromatic heterocycles. The van der Waals surface area contributed by atoms with E-state index in [-0.39, 0.29) is 23.3 Å². The van der Waals surface area contributed by atoms with E-state index >= 15 is 0 Å². The lowest BCUT2D eigenvalue weighted by Crippen LogP contribution is -2.12. The van der Waals surface area contributed by atoms with Gasteiger partial charge >= 0.3 is 12.1 Å². The molecule has 0 amide bonds. The Kier molecular flexibility index (Phi) is 6.04. The van der Waals surface area contributed by atoms with Crippen molar-refractivity contribution in [3.8, 4) is 0 Å². The highest BCUT2D eigenvalue weighted by Gasteiger charge is 2.33. The Balaban J connectivity index is 1.90. The molecule has 0 saturated carbocycles. The summed E-state index contributed by atoms with van der Waals surface area (Å²) >= 11 is 0. The second-order valence-corrected chi connectivity index (χ2v) is 7.07. The molecular formula is C17H16F3NO4S. The maximum Gasteiger partial charge on any atom is 0.416 e. The lowest BCUT2D eigenvalue weighted by molar-refractivity contribution is -0.147. The highest BCUT2D eigenvalue weighted by atomic mass is 32.2. The van der Waals surface area contributed by atoms with Crippen LogP contribution in [0.1, 0.15) is 23.1 Å². The van der Waals surface area contributed by atoms with Gasteiger partial charge in [-0.2, -0.15) is 13.2 Å². The van der Waals surface area contributed by atoms with Crippen LogP contribution >= 0.6 is 0 Å². The van der Waals surface area contributed by atoms with Gasteiger partial charge in [0.2, 0.25) is 10.0 Å². The Morgan fingerprint density at radius 1 is 1.04 bits per heavy atom. The lowest BCUT2D eigenvalue weighted by atomic mass is 10.1. The van der Waals surface area contributed by atoms with E-state index in [1.54, 1.807) is 0 Å². The van der Waals surface area contributed by atoms with Crippen LogP contribution in [-0.4, -0.2) is 14.4 Å². The highest BCUT2D eigenvalue weighted by molar-refractivity contribution is 7.89. The van der Waals surface area contributed by atoms with Gasteiger partial charge in [0.1, 0.15) is 6.61 Å². The van der Waals surface area contributed by atoms with Crippen molar-refractivity contribution < 1.29 is 31.1 Å². The van der Waals surface area contributed by atoms with Crippen molar-refractivity contribution in [3.05, 3.63) is 65.2 Å². The second kappa shape index (κ2) is 7.88. The number of aryl methyl sites for hydroxylation is 1. The van der Waals surface area contributed by atoms with E-state index in [1.807, 2.05) is 0 Å². The number of rotatable bonds is 6. The molecule has 0 saturated heterocycles. The molecule has 0 aliphatic carbocycles. The molecule has 0 aliphatic rings. The number of esters is 1. The number of sulfonamides is 1. The van der Waals surface area contributed by atoms with Crippen LogP contribution in [0.25, 0.3) is 0 Å². The molecule has 0 aliphatic heterocycles. The first-order valence-electron chi connectivity index (χ1n) is 7.50. The maximum absolute atomic E-state index is 12.9. The summed E-state index contributed by atoms with van der Waals surface area (Å²) in [7, 11) is -3.79. The summed E-state index contributed by atoms with van der Waals surface area (Å²) in [6.45, 7) is -0.473. The zero-order chi connectivity index (χ0) is 19.4. The molecule has 0 fully saturated rings. The molecule has 2 N–H and O–H groups in total. The molecule has 9 heteroatoms. The molecule has 0 bridgehead atoms. The molecule has 0 radical (unpaired) electrons. The van der Waals surface area contributed by atoms with E-state index in [0.717, 1.165) is 6.07 Å². The fraction of sp³-hybridized carbons (Fsp3) is 0.235. The van der Waals surface area contributed by atoms with Crippen LogP contribution in [0.4, 0.5) is 13.2 Å². The largest absolute Gasteiger partial charge is 0.461 e. The minimum absolute atomic E-state index is 0.0485. The quantitative estimate of drug-likeness (QED) is 0.772. The molecule has 0 spiro atoms. The van der Waals surface area contributed by atoms with Crippen molar-refractivity contribution >= 4 is 16.0 Å². The Bertz CT molecular complexity index is 878. The van der Waals surface area contributed by atoms with Crippen LogP contribution < -0.4 is 5.14 Å². The number of hydrogen-bond donors (Lipinski definition) is 1. The monoisotopic (exact) mass is 387 g/mol. The summed E-state index contributed by atoms with van der Waals surface area (Å²) in [5.74, 6) is -0.655. The number of alkyl halides is 3. The molecule has 0 unspecified atom stereocenters. The number of nitrogens with two attached hydrogens (primary N) is 1. The number of benzene rings is 2. The van der Waals surface area contributed by atoms with Crippen molar-refractivity contribution in [2.45, 2.75) is 30.5 Å². The fourth-order valence-electron chi connectivity index (χ4n) is 2.25. The highest BCUT2D eigenvalue weighted by Crippen LogP contribution is 2.32. The first-order valence-corrected chi connectivity index (χ1v) is 9.04. The lowest BCUT2D eigenvalue weighted by Gasteiger charge is -2.12. The number of halogens is 3. The van der Waals surface area contributed by atoms with Crippen molar-refractivity contribution in [3.63, 3.8) is 0 Å². The normalized spacial score (nSPS) is 12.0.